The van der Waals surface area contributed by atoms with Crippen molar-refractivity contribution in [1.82, 2.24) is 0 Å². The summed E-state index contributed by atoms with van der Waals surface area (Å²) in [5.41, 5.74) is -1.02. The van der Waals surface area contributed by atoms with Crippen LogP contribution in [0.4, 0.5) is 5.69 Å². The normalized spacial score (nSPS) is 14.0. The van der Waals surface area contributed by atoms with Crippen LogP contribution in [-0.2, 0) is 14.3 Å². The fourth-order valence-electron chi connectivity index (χ4n) is 1.90. The predicted molar refractivity (Wildman–Crippen MR) is 79.6 cm³/mol. The van der Waals surface area contributed by atoms with Crippen LogP contribution < -0.4 is 0 Å². The van der Waals surface area contributed by atoms with E-state index in [1.807, 2.05) is 36.4 Å². The maximum absolute atomic E-state index is 11.8. The lowest BCUT2D eigenvalue weighted by Gasteiger charge is -2.17. The maximum atomic E-state index is 11.8. The molecule has 0 aliphatic rings. The van der Waals surface area contributed by atoms with Gasteiger partial charge < -0.3 is 4.74 Å². The molecule has 0 aliphatic heterocycles. The quantitative estimate of drug-likeness (QED) is 0.490. The zero-order chi connectivity index (χ0) is 15.5. The molecule has 5 nitrogen and oxygen atoms in total. The highest BCUT2D eigenvalue weighted by atomic mass is 16.5. The lowest BCUT2D eigenvalue weighted by molar-refractivity contribution is -0.150. The summed E-state index contributed by atoms with van der Waals surface area (Å²) in [5.74, 6) is -1.14. The van der Waals surface area contributed by atoms with Crippen molar-refractivity contribution >= 4 is 28.2 Å². The molecule has 108 valence electrons. The minimum absolute atomic E-state index is 0.418. The molecule has 0 aromatic heterocycles. The van der Waals surface area contributed by atoms with Gasteiger partial charge in [0.05, 0.1) is 12.8 Å². The number of ketones is 1. The van der Waals surface area contributed by atoms with Crippen LogP contribution >= 0.6 is 0 Å². The van der Waals surface area contributed by atoms with Crippen molar-refractivity contribution in [3.63, 3.8) is 0 Å². The number of carbonyl (C=O) groups excluding carboxylic acids is 2. The third kappa shape index (κ3) is 2.81. The van der Waals surface area contributed by atoms with Gasteiger partial charge in [-0.2, -0.15) is 10.2 Å². The third-order valence-corrected chi connectivity index (χ3v) is 3.39. The highest BCUT2D eigenvalue weighted by molar-refractivity contribution is 6.07. The molecule has 0 aliphatic carbocycles. The monoisotopic (exact) mass is 284 g/mol. The maximum Gasteiger partial charge on any atom is 0.343 e. The van der Waals surface area contributed by atoms with E-state index in [9.17, 15) is 9.59 Å². The SMILES string of the molecule is COC(=O)C(C)(N=Nc1cccc2ccccc12)C(C)=O. The Balaban J connectivity index is 2.47. The number of hydrogen-bond donors (Lipinski definition) is 0. The van der Waals surface area contributed by atoms with Crippen LogP contribution in [0.2, 0.25) is 0 Å². The standard InChI is InChI=1S/C16H16N2O3/c1-11(19)16(2,15(20)21-3)18-17-14-10-6-8-12-7-4-5-9-13(12)14/h4-10H,1-3H3. The molecule has 0 heterocycles. The van der Waals surface area contributed by atoms with Gasteiger partial charge in [-0.25, -0.2) is 4.79 Å². The summed E-state index contributed by atoms with van der Waals surface area (Å²) >= 11 is 0. The van der Waals surface area contributed by atoms with E-state index in [0.717, 1.165) is 10.8 Å². The van der Waals surface area contributed by atoms with Gasteiger partial charge in [0, 0.05) is 5.39 Å². The van der Waals surface area contributed by atoms with Crippen LogP contribution in [0, 0.1) is 0 Å². The van der Waals surface area contributed by atoms with Gasteiger partial charge in [0.25, 0.3) is 0 Å². The molecule has 2 rings (SSSR count). The largest absolute Gasteiger partial charge is 0.467 e. The molecule has 1 unspecified atom stereocenters. The summed E-state index contributed by atoms with van der Waals surface area (Å²) in [6.45, 7) is 2.69. The molecule has 2 aromatic rings. The molecule has 0 bridgehead atoms. The zero-order valence-electron chi connectivity index (χ0n) is 12.2. The van der Waals surface area contributed by atoms with Gasteiger partial charge in [0.1, 0.15) is 0 Å². The molecule has 0 saturated heterocycles. The van der Waals surface area contributed by atoms with Crippen LogP contribution in [0.25, 0.3) is 10.8 Å². The van der Waals surface area contributed by atoms with E-state index in [0.29, 0.717) is 5.69 Å². The number of ether oxygens (including phenoxy) is 1. The summed E-state index contributed by atoms with van der Waals surface area (Å²) in [5, 5.41) is 9.96. The second-order valence-corrected chi connectivity index (χ2v) is 4.82. The van der Waals surface area contributed by atoms with Gasteiger partial charge in [-0.1, -0.05) is 36.4 Å². The summed E-state index contributed by atoms with van der Waals surface area (Å²) in [6.07, 6.45) is 0. The van der Waals surface area contributed by atoms with Gasteiger partial charge >= 0.3 is 5.97 Å². The van der Waals surface area contributed by atoms with Crippen molar-refractivity contribution < 1.29 is 14.3 Å². The molecule has 0 fully saturated rings. The van der Waals surface area contributed by atoms with E-state index in [4.69, 9.17) is 0 Å². The first-order chi connectivity index (χ1) is 9.99. The van der Waals surface area contributed by atoms with Gasteiger partial charge in [0.2, 0.25) is 5.54 Å². The van der Waals surface area contributed by atoms with Crippen LogP contribution in [0.1, 0.15) is 13.8 Å². The van der Waals surface area contributed by atoms with E-state index in [1.165, 1.54) is 21.0 Å². The molecule has 2 aromatic carbocycles. The number of fused-ring (bicyclic) bond motifs is 1. The second kappa shape index (κ2) is 5.83. The van der Waals surface area contributed by atoms with E-state index >= 15 is 0 Å². The molecule has 5 heteroatoms. The molecule has 0 amide bonds. The summed E-state index contributed by atoms with van der Waals surface area (Å²) < 4.78 is 4.64. The Kier molecular flexibility index (Phi) is 4.12. The zero-order valence-corrected chi connectivity index (χ0v) is 12.2. The van der Waals surface area contributed by atoms with E-state index in [2.05, 4.69) is 15.0 Å². The Hall–Kier alpha value is -2.56. The number of methoxy groups -OCH3 is 1. The number of carbonyl (C=O) groups is 2. The fourth-order valence-corrected chi connectivity index (χ4v) is 1.90. The predicted octanol–water partition coefficient (Wildman–Crippen LogP) is 3.44. The van der Waals surface area contributed by atoms with Crippen molar-refractivity contribution in [1.29, 1.82) is 0 Å². The van der Waals surface area contributed by atoms with Crippen molar-refractivity contribution in [3.8, 4) is 0 Å². The van der Waals surface area contributed by atoms with Crippen LogP contribution in [0.3, 0.4) is 0 Å². The summed E-state index contributed by atoms with van der Waals surface area (Å²) in [6, 6.07) is 13.3. The van der Waals surface area contributed by atoms with Gasteiger partial charge in [-0.15, -0.1) is 0 Å². The first-order valence-electron chi connectivity index (χ1n) is 6.49. The van der Waals surface area contributed by atoms with Crippen molar-refractivity contribution in [2.45, 2.75) is 19.4 Å². The minimum atomic E-state index is -1.62. The number of rotatable bonds is 4. The minimum Gasteiger partial charge on any atom is -0.467 e. The molecular weight excluding hydrogens is 268 g/mol. The number of benzene rings is 2. The molecule has 21 heavy (non-hydrogen) atoms. The van der Waals surface area contributed by atoms with Gasteiger partial charge in [-0.05, 0) is 25.3 Å². The van der Waals surface area contributed by atoms with E-state index in [-0.39, 0.29) is 0 Å². The average Bonchev–Trinajstić information content (AvgIpc) is 2.51. The molecule has 0 radical (unpaired) electrons. The first-order valence-corrected chi connectivity index (χ1v) is 6.49. The van der Waals surface area contributed by atoms with Crippen LogP contribution in [0.5, 0.6) is 0 Å². The molecule has 1 atom stereocenters. The number of nitrogens with zero attached hydrogens (tertiary/aromatic N) is 2. The number of hydrogen-bond acceptors (Lipinski definition) is 5. The second-order valence-electron chi connectivity index (χ2n) is 4.82. The highest BCUT2D eigenvalue weighted by Crippen LogP contribution is 2.27. The topological polar surface area (TPSA) is 68.1 Å². The summed E-state index contributed by atoms with van der Waals surface area (Å²) in [7, 11) is 1.22. The molecule has 0 N–H and O–H groups in total. The smallest absolute Gasteiger partial charge is 0.343 e. The Morgan fingerprint density at radius 2 is 1.76 bits per heavy atom. The third-order valence-electron chi connectivity index (χ3n) is 3.39. The van der Waals surface area contributed by atoms with Crippen molar-refractivity contribution in [2.24, 2.45) is 10.2 Å². The van der Waals surface area contributed by atoms with Crippen molar-refractivity contribution in [3.05, 3.63) is 42.5 Å². The number of esters is 1. The average molecular weight is 284 g/mol. The van der Waals surface area contributed by atoms with Gasteiger partial charge in [-0.3, -0.25) is 4.79 Å². The lowest BCUT2D eigenvalue weighted by Crippen LogP contribution is -2.41. The molecule has 0 spiro atoms. The van der Waals surface area contributed by atoms with Crippen molar-refractivity contribution in [2.75, 3.05) is 7.11 Å². The van der Waals surface area contributed by atoms with E-state index in [1.54, 1.807) is 6.07 Å². The lowest BCUT2D eigenvalue weighted by atomic mass is 9.99. The Bertz CT molecular complexity index is 719. The van der Waals surface area contributed by atoms with Crippen LogP contribution in [0.15, 0.2) is 52.7 Å². The number of azo groups is 1. The Labute approximate surface area is 122 Å². The first kappa shape index (κ1) is 14.8. The fraction of sp³-hybridized carbons (Fsp3) is 0.250. The number of Topliss-reactive ketones (excluding diaryl/α,β-unsaturated/α-hetero) is 1. The summed E-state index contributed by atoms with van der Waals surface area (Å²) in [4.78, 5) is 23.5. The van der Waals surface area contributed by atoms with Crippen LogP contribution in [-0.4, -0.2) is 24.4 Å². The highest BCUT2D eigenvalue weighted by Gasteiger charge is 2.40. The van der Waals surface area contributed by atoms with Gasteiger partial charge in [0.15, 0.2) is 5.78 Å². The molecular formula is C16H16N2O3. The van der Waals surface area contributed by atoms with E-state index < -0.39 is 17.3 Å². The Morgan fingerprint density at radius 1 is 1.10 bits per heavy atom. The Morgan fingerprint density at radius 3 is 2.43 bits per heavy atom. The molecule has 0 saturated carbocycles.